The molecule has 0 amide bonds. The number of anilines is 1. The molecular formula is C15H9BrClFN2O. The minimum Gasteiger partial charge on any atom is -0.367 e. The fraction of sp³-hybridized carbons (Fsp3) is 0. The van der Waals surface area contributed by atoms with Crippen LogP contribution in [0.2, 0.25) is 5.02 Å². The van der Waals surface area contributed by atoms with E-state index in [0.29, 0.717) is 31.9 Å². The number of aromatic nitrogens is 1. The minimum atomic E-state index is -0.431. The van der Waals surface area contributed by atoms with E-state index in [4.69, 9.17) is 21.9 Å². The van der Waals surface area contributed by atoms with Crippen LogP contribution in [0.15, 0.2) is 51.5 Å². The number of hydrogen-bond donors (Lipinski definition) is 1. The van der Waals surface area contributed by atoms with Gasteiger partial charge in [-0.15, -0.1) is 0 Å². The van der Waals surface area contributed by atoms with Crippen molar-refractivity contribution in [3.05, 3.63) is 57.8 Å². The molecule has 1 aromatic heterocycles. The molecule has 21 heavy (non-hydrogen) atoms. The zero-order chi connectivity index (χ0) is 15.0. The van der Waals surface area contributed by atoms with E-state index < -0.39 is 5.82 Å². The van der Waals surface area contributed by atoms with E-state index in [9.17, 15) is 4.39 Å². The van der Waals surface area contributed by atoms with E-state index in [1.165, 1.54) is 0 Å². The van der Waals surface area contributed by atoms with Crippen LogP contribution < -0.4 is 5.73 Å². The van der Waals surface area contributed by atoms with Crippen LogP contribution in [0, 0.1) is 5.82 Å². The summed E-state index contributed by atoms with van der Waals surface area (Å²) in [5, 5.41) is 4.38. The summed E-state index contributed by atoms with van der Waals surface area (Å²) < 4.78 is 19.7. The highest BCUT2D eigenvalue weighted by Crippen LogP contribution is 2.40. The van der Waals surface area contributed by atoms with Gasteiger partial charge in [0.25, 0.3) is 0 Å². The van der Waals surface area contributed by atoms with Crippen molar-refractivity contribution in [2.75, 3.05) is 5.73 Å². The molecule has 106 valence electrons. The lowest BCUT2D eigenvalue weighted by molar-refractivity contribution is 0.439. The van der Waals surface area contributed by atoms with Crippen LogP contribution in [0.1, 0.15) is 0 Å². The van der Waals surface area contributed by atoms with Crippen molar-refractivity contribution in [3.8, 4) is 22.4 Å². The second kappa shape index (κ2) is 5.50. The van der Waals surface area contributed by atoms with Crippen molar-refractivity contribution >= 4 is 33.4 Å². The highest BCUT2D eigenvalue weighted by Gasteiger charge is 2.22. The van der Waals surface area contributed by atoms with Crippen molar-refractivity contribution in [2.24, 2.45) is 0 Å². The smallest absolute Gasteiger partial charge is 0.230 e. The molecule has 3 nitrogen and oxygen atoms in total. The zero-order valence-electron chi connectivity index (χ0n) is 10.6. The van der Waals surface area contributed by atoms with Crippen LogP contribution >= 0.6 is 27.5 Å². The number of nitrogens with two attached hydrogens (primary N) is 1. The number of halogens is 3. The lowest BCUT2D eigenvalue weighted by Crippen LogP contribution is -1.91. The van der Waals surface area contributed by atoms with Crippen LogP contribution in [0.4, 0.5) is 10.3 Å². The summed E-state index contributed by atoms with van der Waals surface area (Å²) in [6, 6.07) is 12.1. The Balaban J connectivity index is 2.28. The quantitative estimate of drug-likeness (QED) is 0.682. The first-order valence-corrected chi connectivity index (χ1v) is 7.21. The third-order valence-electron chi connectivity index (χ3n) is 3.07. The Labute approximate surface area is 133 Å². The molecule has 0 radical (unpaired) electrons. The predicted octanol–water partition coefficient (Wildman–Crippen LogP) is 5.15. The fourth-order valence-electron chi connectivity index (χ4n) is 2.10. The van der Waals surface area contributed by atoms with Gasteiger partial charge in [-0.2, -0.15) is 0 Å². The van der Waals surface area contributed by atoms with Crippen LogP contribution in [-0.4, -0.2) is 5.16 Å². The zero-order valence-corrected chi connectivity index (χ0v) is 13.0. The molecule has 0 saturated heterocycles. The van der Waals surface area contributed by atoms with Gasteiger partial charge in [-0.05, 0) is 34.1 Å². The van der Waals surface area contributed by atoms with Crippen molar-refractivity contribution in [1.29, 1.82) is 0 Å². The van der Waals surface area contributed by atoms with Gasteiger partial charge in [0.2, 0.25) is 5.88 Å². The van der Waals surface area contributed by atoms with Gasteiger partial charge in [-0.3, -0.25) is 0 Å². The molecule has 0 atom stereocenters. The topological polar surface area (TPSA) is 52.0 Å². The van der Waals surface area contributed by atoms with Gasteiger partial charge in [-0.1, -0.05) is 41.0 Å². The van der Waals surface area contributed by atoms with Crippen molar-refractivity contribution in [1.82, 2.24) is 5.16 Å². The highest BCUT2D eigenvalue weighted by molar-refractivity contribution is 9.10. The summed E-state index contributed by atoms with van der Waals surface area (Å²) in [5.74, 6) is -0.337. The minimum absolute atomic E-state index is 0.0949. The van der Waals surface area contributed by atoms with E-state index >= 15 is 0 Å². The average molecular weight is 368 g/mol. The first-order chi connectivity index (χ1) is 10.1. The molecule has 0 spiro atoms. The molecule has 0 aliphatic carbocycles. The Bertz CT molecular complexity index is 819. The third kappa shape index (κ3) is 2.43. The molecule has 0 fully saturated rings. The number of nitrogen functional groups attached to an aromatic ring is 1. The number of hydrogen-bond acceptors (Lipinski definition) is 3. The second-order valence-corrected chi connectivity index (χ2v) is 5.61. The third-order valence-corrected chi connectivity index (χ3v) is 4.01. The van der Waals surface area contributed by atoms with Crippen LogP contribution in [0.5, 0.6) is 0 Å². The van der Waals surface area contributed by atoms with E-state index in [-0.39, 0.29) is 5.88 Å². The molecule has 3 rings (SSSR count). The number of nitrogens with zero attached hydrogens (tertiary/aromatic N) is 1. The van der Waals surface area contributed by atoms with Gasteiger partial charge in [0.1, 0.15) is 11.5 Å². The Morgan fingerprint density at radius 3 is 2.57 bits per heavy atom. The maximum atomic E-state index is 14.3. The molecule has 0 bridgehead atoms. The SMILES string of the molecule is Nc1onc(-c2cccc(Br)c2F)c1-c1ccccc1Cl. The molecule has 1 heterocycles. The maximum Gasteiger partial charge on any atom is 0.230 e. The molecule has 0 unspecified atom stereocenters. The second-order valence-electron chi connectivity index (χ2n) is 4.35. The largest absolute Gasteiger partial charge is 0.367 e. The molecule has 0 aliphatic heterocycles. The highest BCUT2D eigenvalue weighted by atomic mass is 79.9. The molecule has 3 aromatic rings. The first kappa shape index (κ1) is 14.1. The van der Waals surface area contributed by atoms with Crippen LogP contribution in [0.25, 0.3) is 22.4 Å². The van der Waals surface area contributed by atoms with Gasteiger partial charge in [0.05, 0.1) is 10.0 Å². The summed E-state index contributed by atoms with van der Waals surface area (Å²) in [5.41, 5.74) is 7.59. The van der Waals surface area contributed by atoms with Gasteiger partial charge < -0.3 is 10.3 Å². The Morgan fingerprint density at radius 2 is 1.81 bits per heavy atom. The van der Waals surface area contributed by atoms with Crippen molar-refractivity contribution in [2.45, 2.75) is 0 Å². The van der Waals surface area contributed by atoms with Crippen molar-refractivity contribution in [3.63, 3.8) is 0 Å². The fourth-order valence-corrected chi connectivity index (χ4v) is 2.69. The van der Waals surface area contributed by atoms with E-state index in [0.717, 1.165) is 0 Å². The Morgan fingerprint density at radius 1 is 1.10 bits per heavy atom. The van der Waals surface area contributed by atoms with Crippen LogP contribution in [-0.2, 0) is 0 Å². The Hall–Kier alpha value is -1.85. The van der Waals surface area contributed by atoms with Gasteiger partial charge >= 0.3 is 0 Å². The van der Waals surface area contributed by atoms with Gasteiger partial charge in [0.15, 0.2) is 0 Å². The lowest BCUT2D eigenvalue weighted by Gasteiger charge is -2.06. The molecule has 6 heteroatoms. The summed E-state index contributed by atoms with van der Waals surface area (Å²) in [6.45, 7) is 0. The van der Waals surface area contributed by atoms with E-state index in [2.05, 4.69) is 21.1 Å². The first-order valence-electron chi connectivity index (χ1n) is 6.04. The van der Waals surface area contributed by atoms with Crippen LogP contribution in [0.3, 0.4) is 0 Å². The summed E-state index contributed by atoms with van der Waals surface area (Å²) in [6.07, 6.45) is 0. The van der Waals surface area contributed by atoms with E-state index in [1.54, 1.807) is 36.4 Å². The van der Waals surface area contributed by atoms with Gasteiger partial charge in [-0.25, -0.2) is 4.39 Å². The molecule has 0 saturated carbocycles. The van der Waals surface area contributed by atoms with E-state index in [1.807, 2.05) is 6.07 Å². The number of rotatable bonds is 2. The summed E-state index contributed by atoms with van der Waals surface area (Å²) in [7, 11) is 0. The molecule has 0 aliphatic rings. The summed E-state index contributed by atoms with van der Waals surface area (Å²) in [4.78, 5) is 0. The predicted molar refractivity (Wildman–Crippen MR) is 84.5 cm³/mol. The summed E-state index contributed by atoms with van der Waals surface area (Å²) >= 11 is 9.34. The van der Waals surface area contributed by atoms with Gasteiger partial charge in [0, 0.05) is 16.1 Å². The lowest BCUT2D eigenvalue weighted by atomic mass is 10.0. The van der Waals surface area contributed by atoms with Crippen molar-refractivity contribution < 1.29 is 8.91 Å². The monoisotopic (exact) mass is 366 g/mol. The molecule has 2 N–H and O–H groups in total. The molecule has 2 aromatic carbocycles. The Kier molecular flexibility index (Phi) is 3.69. The molecular weight excluding hydrogens is 359 g/mol. The number of benzene rings is 2. The maximum absolute atomic E-state index is 14.3. The average Bonchev–Trinajstić information content (AvgIpc) is 2.84. The standard InChI is InChI=1S/C15H9BrClFN2O/c16-10-6-3-5-9(13(10)18)14-12(15(19)21-20-14)8-4-1-2-7-11(8)17/h1-7H,19H2. The normalized spacial score (nSPS) is 10.8.